The molecule has 0 radical (unpaired) electrons. The van der Waals surface area contributed by atoms with E-state index in [1.807, 2.05) is 27.7 Å². The van der Waals surface area contributed by atoms with Crippen LogP contribution < -0.4 is 10.3 Å². The first-order valence-corrected chi connectivity index (χ1v) is 9.95. The molecule has 0 unspecified atom stereocenters. The van der Waals surface area contributed by atoms with E-state index in [0.29, 0.717) is 23.8 Å². The van der Waals surface area contributed by atoms with E-state index in [1.54, 1.807) is 31.2 Å². The van der Waals surface area contributed by atoms with Gasteiger partial charge in [-0.3, -0.25) is 14.2 Å². The van der Waals surface area contributed by atoms with Crippen molar-refractivity contribution in [3.8, 4) is 5.75 Å². The van der Waals surface area contributed by atoms with Crippen molar-refractivity contribution >= 4 is 11.8 Å². The molecular formula is C22H29FN2O5. The van der Waals surface area contributed by atoms with Gasteiger partial charge in [-0.05, 0) is 37.1 Å². The van der Waals surface area contributed by atoms with Gasteiger partial charge in [0.05, 0.1) is 19.8 Å². The number of Topliss-reactive ketones (excluding diaryl/α,β-unsaturated/α-hetero) is 1. The third kappa shape index (κ3) is 6.79. The Balaban J connectivity index is 0.00000218. The van der Waals surface area contributed by atoms with Gasteiger partial charge in [0.25, 0.3) is 5.56 Å². The van der Waals surface area contributed by atoms with Gasteiger partial charge in [0, 0.05) is 11.8 Å². The zero-order valence-electron chi connectivity index (χ0n) is 18.1. The van der Waals surface area contributed by atoms with Gasteiger partial charge >= 0.3 is 5.97 Å². The van der Waals surface area contributed by atoms with Gasteiger partial charge < -0.3 is 9.47 Å². The molecule has 0 aliphatic carbocycles. The number of hydrogen-bond acceptors (Lipinski definition) is 6. The van der Waals surface area contributed by atoms with Crippen molar-refractivity contribution in [3.63, 3.8) is 0 Å². The standard InChI is InChI=1S/C20H23FN2O5.C2H6/c1-4-27-20(26)16-10-22-18(9-21)23(19(16)25)11-17(24)14-5-7-15(8-6-14)28-12-13(2)3;1-2/h5-8,10,13H,4,9,11-12H2,1-3H3;1-2H3. The van der Waals surface area contributed by atoms with Gasteiger partial charge in [-0.1, -0.05) is 27.7 Å². The molecule has 0 N–H and O–H groups in total. The molecule has 0 fully saturated rings. The van der Waals surface area contributed by atoms with E-state index in [1.165, 1.54) is 0 Å². The molecule has 2 rings (SSSR count). The third-order valence-corrected chi connectivity index (χ3v) is 3.81. The summed E-state index contributed by atoms with van der Waals surface area (Å²) in [6.45, 7) is 8.78. The number of nitrogens with zero attached hydrogens (tertiary/aromatic N) is 2. The lowest BCUT2D eigenvalue weighted by Crippen LogP contribution is -2.33. The van der Waals surface area contributed by atoms with Gasteiger partial charge in [0.1, 0.15) is 23.8 Å². The summed E-state index contributed by atoms with van der Waals surface area (Å²) in [4.78, 5) is 40.7. The van der Waals surface area contributed by atoms with E-state index in [9.17, 15) is 18.8 Å². The zero-order chi connectivity index (χ0) is 22.7. The normalized spacial score (nSPS) is 10.2. The molecule has 8 heteroatoms. The number of carbonyl (C=O) groups excluding carboxylic acids is 2. The number of rotatable bonds is 9. The number of aromatic nitrogens is 2. The first-order chi connectivity index (χ1) is 14.4. The molecule has 1 heterocycles. The first kappa shape index (κ1) is 25.0. The fourth-order valence-electron chi connectivity index (χ4n) is 2.38. The van der Waals surface area contributed by atoms with Crippen LogP contribution >= 0.6 is 0 Å². The summed E-state index contributed by atoms with van der Waals surface area (Å²) >= 11 is 0. The average Bonchev–Trinajstić information content (AvgIpc) is 2.75. The fourth-order valence-corrected chi connectivity index (χ4v) is 2.38. The van der Waals surface area contributed by atoms with E-state index in [2.05, 4.69) is 4.98 Å². The topological polar surface area (TPSA) is 87.5 Å². The number of halogens is 1. The van der Waals surface area contributed by atoms with Crippen LogP contribution in [0.4, 0.5) is 4.39 Å². The Morgan fingerprint density at radius 1 is 1.17 bits per heavy atom. The van der Waals surface area contributed by atoms with Gasteiger partial charge in [-0.2, -0.15) is 0 Å². The van der Waals surface area contributed by atoms with Gasteiger partial charge in [-0.15, -0.1) is 0 Å². The number of carbonyl (C=O) groups is 2. The second-order valence-corrected chi connectivity index (χ2v) is 6.49. The molecule has 2 aromatic rings. The Hall–Kier alpha value is -3.03. The third-order valence-electron chi connectivity index (χ3n) is 3.81. The number of hydrogen-bond donors (Lipinski definition) is 0. The van der Waals surface area contributed by atoms with Crippen molar-refractivity contribution in [2.45, 2.75) is 47.8 Å². The predicted octanol–water partition coefficient (Wildman–Crippen LogP) is 3.83. The summed E-state index contributed by atoms with van der Waals surface area (Å²) in [5, 5.41) is 0. The molecule has 0 saturated heterocycles. The highest BCUT2D eigenvalue weighted by Gasteiger charge is 2.19. The maximum Gasteiger partial charge on any atom is 0.345 e. The molecule has 164 valence electrons. The van der Waals surface area contributed by atoms with Crippen molar-refractivity contribution in [2.24, 2.45) is 5.92 Å². The van der Waals surface area contributed by atoms with E-state index in [0.717, 1.165) is 10.8 Å². The van der Waals surface area contributed by atoms with Crippen LogP contribution in [-0.2, 0) is 18.0 Å². The molecular weight excluding hydrogens is 391 g/mol. The molecule has 30 heavy (non-hydrogen) atoms. The molecule has 0 spiro atoms. The van der Waals surface area contributed by atoms with Crippen molar-refractivity contribution in [2.75, 3.05) is 13.2 Å². The lowest BCUT2D eigenvalue weighted by molar-refractivity contribution is 0.0522. The van der Waals surface area contributed by atoms with Crippen LogP contribution in [0.3, 0.4) is 0 Å². The zero-order valence-corrected chi connectivity index (χ0v) is 18.1. The van der Waals surface area contributed by atoms with Crippen LogP contribution in [0.15, 0.2) is 35.3 Å². The fraction of sp³-hybridized carbons (Fsp3) is 0.455. The Labute approximate surface area is 175 Å². The van der Waals surface area contributed by atoms with Crippen LogP contribution in [0.25, 0.3) is 0 Å². The minimum atomic E-state index is -1.05. The van der Waals surface area contributed by atoms with Gasteiger partial charge in [-0.25, -0.2) is 14.2 Å². The Morgan fingerprint density at radius 2 is 1.80 bits per heavy atom. The number of ketones is 1. The minimum absolute atomic E-state index is 0.0767. The van der Waals surface area contributed by atoms with Crippen molar-refractivity contribution in [3.05, 3.63) is 57.8 Å². The molecule has 0 aliphatic heterocycles. The summed E-state index contributed by atoms with van der Waals surface area (Å²) in [5.74, 6) is -0.527. The Bertz CT molecular complexity index is 891. The summed E-state index contributed by atoms with van der Waals surface area (Å²) in [6.07, 6.45) is 0.969. The van der Waals surface area contributed by atoms with Crippen LogP contribution in [-0.4, -0.2) is 34.5 Å². The minimum Gasteiger partial charge on any atom is -0.493 e. The quantitative estimate of drug-likeness (QED) is 0.453. The highest BCUT2D eigenvalue weighted by Crippen LogP contribution is 2.14. The van der Waals surface area contributed by atoms with E-state index in [-0.39, 0.29) is 18.0 Å². The highest BCUT2D eigenvalue weighted by atomic mass is 19.1. The summed E-state index contributed by atoms with van der Waals surface area (Å²) in [5.41, 5.74) is -0.828. The van der Waals surface area contributed by atoms with Crippen molar-refractivity contribution < 1.29 is 23.5 Å². The molecule has 1 aromatic heterocycles. The summed E-state index contributed by atoms with van der Waals surface area (Å²) in [7, 11) is 0. The van der Waals surface area contributed by atoms with E-state index in [4.69, 9.17) is 9.47 Å². The molecule has 0 amide bonds. The summed E-state index contributed by atoms with van der Waals surface area (Å²) in [6, 6.07) is 6.45. The monoisotopic (exact) mass is 420 g/mol. The SMILES string of the molecule is CC.CCOC(=O)c1cnc(CF)n(CC(=O)c2ccc(OCC(C)C)cc2)c1=O. The van der Waals surface area contributed by atoms with E-state index < -0.39 is 30.5 Å². The van der Waals surface area contributed by atoms with Crippen LogP contribution in [0.2, 0.25) is 0 Å². The van der Waals surface area contributed by atoms with Crippen molar-refractivity contribution in [1.29, 1.82) is 0 Å². The number of ether oxygens (including phenoxy) is 2. The first-order valence-electron chi connectivity index (χ1n) is 9.95. The lowest BCUT2D eigenvalue weighted by atomic mass is 10.1. The van der Waals surface area contributed by atoms with Crippen molar-refractivity contribution in [1.82, 2.24) is 9.55 Å². The summed E-state index contributed by atoms with van der Waals surface area (Å²) < 4.78 is 24.5. The number of esters is 1. The number of alkyl halides is 1. The second kappa shape index (κ2) is 12.5. The van der Waals surface area contributed by atoms with E-state index >= 15 is 0 Å². The highest BCUT2D eigenvalue weighted by molar-refractivity contribution is 5.96. The lowest BCUT2D eigenvalue weighted by Gasteiger charge is -2.12. The predicted molar refractivity (Wildman–Crippen MR) is 112 cm³/mol. The smallest absolute Gasteiger partial charge is 0.345 e. The molecule has 0 atom stereocenters. The Kier molecular flexibility index (Phi) is 10.4. The molecule has 1 aromatic carbocycles. The van der Waals surface area contributed by atoms with Gasteiger partial charge in [0.15, 0.2) is 5.78 Å². The maximum absolute atomic E-state index is 13.2. The molecule has 0 aliphatic rings. The molecule has 0 saturated carbocycles. The van der Waals surface area contributed by atoms with Crippen LogP contribution in [0, 0.1) is 5.92 Å². The number of benzene rings is 1. The van der Waals surface area contributed by atoms with Gasteiger partial charge in [0.2, 0.25) is 0 Å². The van der Waals surface area contributed by atoms with Crippen LogP contribution in [0.1, 0.15) is 61.2 Å². The molecule has 0 bridgehead atoms. The van der Waals surface area contributed by atoms with Crippen LogP contribution in [0.5, 0.6) is 5.75 Å². The molecule has 7 nitrogen and oxygen atoms in total. The largest absolute Gasteiger partial charge is 0.493 e. The maximum atomic E-state index is 13.2. The average molecular weight is 420 g/mol. The second-order valence-electron chi connectivity index (χ2n) is 6.49. The Morgan fingerprint density at radius 3 is 2.33 bits per heavy atom.